The molecular formula is C22H31NO5. The molecule has 6 heteroatoms. The molecule has 6 nitrogen and oxygen atoms in total. The number of hydrogen-bond acceptors (Lipinski definition) is 6. The molecule has 0 aromatic rings. The van der Waals surface area contributed by atoms with Crippen LogP contribution < -0.4 is 0 Å². The highest BCUT2D eigenvalue weighted by molar-refractivity contribution is 5.78. The summed E-state index contributed by atoms with van der Waals surface area (Å²) in [6, 6.07) is 0.0282. The third-order valence-corrected chi connectivity index (χ3v) is 8.08. The van der Waals surface area contributed by atoms with Gasteiger partial charge in [0.2, 0.25) is 0 Å². The molecule has 0 aromatic heterocycles. The summed E-state index contributed by atoms with van der Waals surface area (Å²) in [6.07, 6.45) is 4.58. The number of esters is 2. The number of nitrogens with zero attached hydrogens (tertiary/aromatic N) is 1. The molecule has 5 rings (SSSR count). The molecule has 0 saturated carbocycles. The van der Waals surface area contributed by atoms with E-state index in [4.69, 9.17) is 9.47 Å². The van der Waals surface area contributed by atoms with Crippen LogP contribution in [0.25, 0.3) is 0 Å². The molecule has 0 amide bonds. The van der Waals surface area contributed by atoms with E-state index in [9.17, 15) is 14.7 Å². The Balaban J connectivity index is 1.65. The summed E-state index contributed by atoms with van der Waals surface area (Å²) in [5, 5.41) is 11.3. The number of hydrogen-bond donors (Lipinski definition) is 1. The maximum absolute atomic E-state index is 12.7. The summed E-state index contributed by atoms with van der Waals surface area (Å²) in [7, 11) is 0. The number of aliphatic hydroxyl groups excluding tert-OH is 1. The quantitative estimate of drug-likeness (QED) is 0.731. The summed E-state index contributed by atoms with van der Waals surface area (Å²) in [5.74, 6) is -0.860. The standard InChI is InChI=1S/C22H31NO5/c1-4-13-14-7-5-6-8-23-15(16-9-11(2)20(25)27-16)10-22(19(14)23)17(18(13)24)12(3)21(26)28-22/h11-13,15-18,24H,4-10H2,1-3H3. The van der Waals surface area contributed by atoms with Crippen LogP contribution in [0.5, 0.6) is 0 Å². The van der Waals surface area contributed by atoms with Crippen LogP contribution >= 0.6 is 0 Å². The van der Waals surface area contributed by atoms with Gasteiger partial charge < -0.3 is 19.5 Å². The summed E-state index contributed by atoms with van der Waals surface area (Å²) in [6.45, 7) is 6.85. The third-order valence-electron chi connectivity index (χ3n) is 8.08. The van der Waals surface area contributed by atoms with Gasteiger partial charge in [-0.3, -0.25) is 9.59 Å². The average Bonchev–Trinajstić information content (AvgIpc) is 3.16. The van der Waals surface area contributed by atoms with Gasteiger partial charge in [0.1, 0.15) is 6.10 Å². The number of carbonyl (C=O) groups is 2. The van der Waals surface area contributed by atoms with Gasteiger partial charge in [-0.2, -0.15) is 0 Å². The van der Waals surface area contributed by atoms with Gasteiger partial charge in [0.25, 0.3) is 0 Å². The van der Waals surface area contributed by atoms with Crippen molar-refractivity contribution in [2.24, 2.45) is 23.7 Å². The maximum atomic E-state index is 12.7. The second-order valence-electron chi connectivity index (χ2n) is 9.54. The molecule has 0 aromatic carbocycles. The minimum absolute atomic E-state index is 0.0282. The van der Waals surface area contributed by atoms with Crippen LogP contribution in [0.15, 0.2) is 11.3 Å². The van der Waals surface area contributed by atoms with E-state index in [0.717, 1.165) is 37.9 Å². The van der Waals surface area contributed by atoms with Crippen molar-refractivity contribution in [1.29, 1.82) is 0 Å². The fourth-order valence-electron chi connectivity index (χ4n) is 6.85. The van der Waals surface area contributed by atoms with Gasteiger partial charge in [-0.15, -0.1) is 0 Å². The Morgan fingerprint density at radius 1 is 1.21 bits per heavy atom. The van der Waals surface area contributed by atoms with Crippen molar-refractivity contribution in [1.82, 2.24) is 4.90 Å². The number of ether oxygens (including phenoxy) is 2. The molecule has 3 saturated heterocycles. The molecule has 8 atom stereocenters. The highest BCUT2D eigenvalue weighted by atomic mass is 16.6. The molecule has 1 N–H and O–H groups in total. The van der Waals surface area contributed by atoms with E-state index in [1.807, 2.05) is 13.8 Å². The largest absolute Gasteiger partial charge is 0.460 e. The first-order valence-electron chi connectivity index (χ1n) is 11.0. The van der Waals surface area contributed by atoms with Crippen molar-refractivity contribution in [3.63, 3.8) is 0 Å². The lowest BCUT2D eigenvalue weighted by Gasteiger charge is -2.45. The topological polar surface area (TPSA) is 76.1 Å². The van der Waals surface area contributed by atoms with E-state index < -0.39 is 11.7 Å². The summed E-state index contributed by atoms with van der Waals surface area (Å²) in [4.78, 5) is 27.2. The molecule has 0 radical (unpaired) electrons. The Labute approximate surface area is 166 Å². The Morgan fingerprint density at radius 3 is 2.68 bits per heavy atom. The van der Waals surface area contributed by atoms with Crippen molar-refractivity contribution in [3.8, 4) is 0 Å². The molecule has 28 heavy (non-hydrogen) atoms. The lowest BCUT2D eigenvalue weighted by molar-refractivity contribution is -0.150. The molecule has 1 spiro atoms. The lowest BCUT2D eigenvalue weighted by atomic mass is 9.64. The normalized spacial score (nSPS) is 47.6. The molecule has 4 heterocycles. The van der Waals surface area contributed by atoms with Crippen LogP contribution in [0.2, 0.25) is 0 Å². The van der Waals surface area contributed by atoms with Gasteiger partial charge in [0.15, 0.2) is 5.60 Å². The molecule has 8 unspecified atom stereocenters. The zero-order valence-corrected chi connectivity index (χ0v) is 17.0. The maximum Gasteiger partial charge on any atom is 0.310 e. The minimum Gasteiger partial charge on any atom is -0.460 e. The van der Waals surface area contributed by atoms with Crippen molar-refractivity contribution in [2.75, 3.05) is 6.54 Å². The van der Waals surface area contributed by atoms with Crippen LogP contribution in [0, 0.1) is 23.7 Å². The van der Waals surface area contributed by atoms with Crippen LogP contribution in [0.4, 0.5) is 0 Å². The predicted molar refractivity (Wildman–Crippen MR) is 101 cm³/mol. The zero-order valence-electron chi connectivity index (χ0n) is 17.0. The fraction of sp³-hybridized carbons (Fsp3) is 0.818. The Bertz CT molecular complexity index is 747. The molecule has 4 aliphatic heterocycles. The van der Waals surface area contributed by atoms with Crippen LogP contribution in [0.3, 0.4) is 0 Å². The first kappa shape index (κ1) is 18.5. The molecule has 5 aliphatic rings. The van der Waals surface area contributed by atoms with E-state index in [1.54, 1.807) is 0 Å². The molecule has 1 aliphatic carbocycles. The van der Waals surface area contributed by atoms with Gasteiger partial charge in [0.05, 0.1) is 29.7 Å². The highest BCUT2D eigenvalue weighted by Crippen LogP contribution is 2.61. The molecule has 0 bridgehead atoms. The predicted octanol–water partition coefficient (Wildman–Crippen LogP) is 2.40. The number of aliphatic hydroxyl groups is 1. The van der Waals surface area contributed by atoms with Gasteiger partial charge in [-0.25, -0.2) is 0 Å². The second kappa shape index (κ2) is 6.22. The minimum atomic E-state index is -0.746. The van der Waals surface area contributed by atoms with E-state index in [-0.39, 0.29) is 47.8 Å². The van der Waals surface area contributed by atoms with Crippen molar-refractivity contribution in [3.05, 3.63) is 11.3 Å². The Hall–Kier alpha value is -1.56. The van der Waals surface area contributed by atoms with Crippen LogP contribution in [-0.2, 0) is 19.1 Å². The van der Waals surface area contributed by atoms with Crippen molar-refractivity contribution >= 4 is 11.9 Å². The first-order chi connectivity index (χ1) is 13.4. The number of carbonyl (C=O) groups excluding carboxylic acids is 2. The number of rotatable bonds is 2. The number of cyclic esters (lactones) is 1. The second-order valence-corrected chi connectivity index (χ2v) is 9.54. The average molecular weight is 389 g/mol. The smallest absolute Gasteiger partial charge is 0.310 e. The highest BCUT2D eigenvalue weighted by Gasteiger charge is 2.69. The SMILES string of the molecule is CCC1C2=C3N(CCCC2)C(C2CC(C)C(=O)O2)CC32OC(=O)C(C)C2C1O. The van der Waals surface area contributed by atoms with Gasteiger partial charge in [-0.05, 0) is 37.7 Å². The van der Waals surface area contributed by atoms with Crippen LogP contribution in [0.1, 0.15) is 59.3 Å². The lowest BCUT2D eigenvalue weighted by Crippen LogP contribution is -2.51. The van der Waals surface area contributed by atoms with Crippen molar-refractivity contribution in [2.45, 2.75) is 83.1 Å². The van der Waals surface area contributed by atoms with Crippen LogP contribution in [-0.4, -0.2) is 52.3 Å². The fourth-order valence-corrected chi connectivity index (χ4v) is 6.85. The summed E-state index contributed by atoms with van der Waals surface area (Å²) >= 11 is 0. The van der Waals surface area contributed by atoms with E-state index in [1.165, 1.54) is 5.57 Å². The monoisotopic (exact) mass is 389 g/mol. The van der Waals surface area contributed by atoms with Gasteiger partial charge in [0, 0.05) is 24.8 Å². The summed E-state index contributed by atoms with van der Waals surface area (Å²) < 4.78 is 11.9. The molecule has 154 valence electrons. The molecular weight excluding hydrogens is 358 g/mol. The summed E-state index contributed by atoms with van der Waals surface area (Å²) in [5.41, 5.74) is 1.69. The van der Waals surface area contributed by atoms with E-state index >= 15 is 0 Å². The Kier molecular flexibility index (Phi) is 4.10. The first-order valence-corrected chi connectivity index (χ1v) is 11.0. The Morgan fingerprint density at radius 2 is 2.00 bits per heavy atom. The third kappa shape index (κ3) is 2.24. The van der Waals surface area contributed by atoms with E-state index in [0.29, 0.717) is 12.8 Å². The van der Waals surface area contributed by atoms with Crippen molar-refractivity contribution < 1.29 is 24.2 Å². The van der Waals surface area contributed by atoms with E-state index in [2.05, 4.69) is 11.8 Å². The van der Waals surface area contributed by atoms with Gasteiger partial charge >= 0.3 is 11.9 Å². The van der Waals surface area contributed by atoms with Gasteiger partial charge in [-0.1, -0.05) is 20.8 Å². The molecule has 3 fully saturated rings. The zero-order chi connectivity index (χ0) is 19.8.